The van der Waals surface area contributed by atoms with E-state index in [1.165, 1.54) is 6.07 Å². The van der Waals surface area contributed by atoms with Crippen LogP contribution in [0.25, 0.3) is 17.1 Å². The Labute approximate surface area is 177 Å². The van der Waals surface area contributed by atoms with Crippen molar-refractivity contribution in [2.24, 2.45) is 5.10 Å². The number of hydrazone groups is 1. The molecule has 0 saturated heterocycles. The Morgan fingerprint density at radius 2 is 2.17 bits per heavy atom. The van der Waals surface area contributed by atoms with Gasteiger partial charge in [-0.25, -0.2) is 9.37 Å². The van der Waals surface area contributed by atoms with E-state index in [4.69, 9.17) is 0 Å². The maximum atomic E-state index is 14.5. The van der Waals surface area contributed by atoms with Gasteiger partial charge in [-0.3, -0.25) is 9.80 Å². The number of benzene rings is 1. The Hall–Kier alpha value is -3.02. The monoisotopic (exact) mass is 408 g/mol. The molecule has 0 saturated carbocycles. The Bertz CT molecular complexity index is 1000. The number of carbonyl (C=O) groups is 1. The zero-order valence-corrected chi connectivity index (χ0v) is 18.0. The van der Waals surface area contributed by atoms with Gasteiger partial charge in [0, 0.05) is 42.3 Å². The van der Waals surface area contributed by atoms with Crippen molar-refractivity contribution in [3.05, 3.63) is 59.8 Å². The highest BCUT2D eigenvalue weighted by Gasteiger charge is 2.18. The minimum atomic E-state index is -0.234. The summed E-state index contributed by atoms with van der Waals surface area (Å²) in [5, 5.41) is 6.49. The first-order valence-corrected chi connectivity index (χ1v) is 10.5. The average molecular weight is 409 g/mol. The Morgan fingerprint density at radius 3 is 2.77 bits per heavy atom. The molecule has 0 bridgehead atoms. The van der Waals surface area contributed by atoms with E-state index in [1.807, 2.05) is 35.7 Å². The zero-order valence-electron chi connectivity index (χ0n) is 18.0. The molecule has 0 amide bonds. The van der Waals surface area contributed by atoms with Gasteiger partial charge in [-0.15, -0.1) is 0 Å². The standard InChI is InChI=1S/C24H29FN4O/c1-5-7-18-8-9-19(14-23(18)25)24-26-21(16-30)15-29(24)22-12-10-20(11-13-22)27-28(4)17(3)6-2/h8-9,12,14-16H,3,5-7,10-11,13H2,1-2,4H3/b27-20+. The van der Waals surface area contributed by atoms with Crippen LogP contribution < -0.4 is 0 Å². The van der Waals surface area contributed by atoms with Crippen LogP contribution in [0.1, 0.15) is 62.0 Å². The Balaban J connectivity index is 1.90. The van der Waals surface area contributed by atoms with Crippen LogP contribution in [-0.2, 0) is 6.42 Å². The molecule has 1 aromatic carbocycles. The third-order valence-electron chi connectivity index (χ3n) is 5.39. The molecule has 5 nitrogen and oxygen atoms in total. The van der Waals surface area contributed by atoms with E-state index < -0.39 is 0 Å². The van der Waals surface area contributed by atoms with Crippen molar-refractivity contribution in [1.29, 1.82) is 0 Å². The number of halogens is 1. The van der Waals surface area contributed by atoms with Crippen molar-refractivity contribution in [1.82, 2.24) is 14.6 Å². The molecule has 30 heavy (non-hydrogen) atoms. The summed E-state index contributed by atoms with van der Waals surface area (Å²) in [6.45, 7) is 8.09. The van der Waals surface area contributed by atoms with E-state index in [-0.39, 0.29) is 5.82 Å². The predicted molar refractivity (Wildman–Crippen MR) is 120 cm³/mol. The quantitative estimate of drug-likeness (QED) is 0.416. The van der Waals surface area contributed by atoms with Gasteiger partial charge in [-0.2, -0.15) is 5.10 Å². The van der Waals surface area contributed by atoms with Crippen molar-refractivity contribution in [3.8, 4) is 11.4 Å². The first-order valence-electron chi connectivity index (χ1n) is 10.5. The molecule has 2 aromatic rings. The molecule has 0 unspecified atom stereocenters. The fraction of sp³-hybridized carbons (Fsp3) is 0.375. The molecule has 0 fully saturated rings. The first kappa shape index (κ1) is 21.7. The number of hydrogen-bond donors (Lipinski definition) is 0. The van der Waals surface area contributed by atoms with Gasteiger partial charge < -0.3 is 4.57 Å². The number of aromatic nitrogens is 2. The fourth-order valence-corrected chi connectivity index (χ4v) is 3.57. The number of hydrogen-bond acceptors (Lipinski definition) is 4. The van der Waals surface area contributed by atoms with Crippen LogP contribution in [0.4, 0.5) is 4.39 Å². The molecular weight excluding hydrogens is 379 g/mol. The number of aryl methyl sites for hydroxylation is 1. The van der Waals surface area contributed by atoms with Gasteiger partial charge in [0.1, 0.15) is 17.3 Å². The fourth-order valence-electron chi connectivity index (χ4n) is 3.57. The third kappa shape index (κ3) is 4.75. The van der Waals surface area contributed by atoms with Gasteiger partial charge in [0.25, 0.3) is 0 Å². The molecule has 1 aliphatic rings. The van der Waals surface area contributed by atoms with Gasteiger partial charge in [0.2, 0.25) is 0 Å². The summed E-state index contributed by atoms with van der Waals surface area (Å²) < 4.78 is 16.4. The number of allylic oxidation sites excluding steroid dienone is 3. The van der Waals surface area contributed by atoms with E-state index in [1.54, 1.807) is 6.20 Å². The molecule has 3 rings (SSSR count). The summed E-state index contributed by atoms with van der Waals surface area (Å²) in [5.74, 6) is 0.352. The van der Waals surface area contributed by atoms with Crippen LogP contribution in [0.3, 0.4) is 0 Å². The molecule has 1 aliphatic carbocycles. The zero-order chi connectivity index (χ0) is 21.7. The van der Waals surface area contributed by atoms with Gasteiger partial charge in [-0.1, -0.05) is 45.1 Å². The molecule has 0 radical (unpaired) electrons. The molecule has 158 valence electrons. The number of carbonyl (C=O) groups excluding carboxylic acids is 1. The highest BCUT2D eigenvalue weighted by Crippen LogP contribution is 2.29. The van der Waals surface area contributed by atoms with Crippen LogP contribution in [-0.4, -0.2) is 33.6 Å². The molecule has 0 N–H and O–H groups in total. The topological polar surface area (TPSA) is 50.5 Å². The lowest BCUT2D eigenvalue weighted by molar-refractivity contribution is 0.111. The lowest BCUT2D eigenvalue weighted by Gasteiger charge is -2.21. The Kier molecular flexibility index (Phi) is 6.98. The molecular formula is C24H29FN4O. The summed E-state index contributed by atoms with van der Waals surface area (Å²) >= 11 is 0. The minimum absolute atomic E-state index is 0.234. The predicted octanol–water partition coefficient (Wildman–Crippen LogP) is 5.69. The number of nitrogens with zero attached hydrogens (tertiary/aromatic N) is 4. The van der Waals surface area contributed by atoms with E-state index >= 15 is 0 Å². The normalized spacial score (nSPS) is 15.2. The molecule has 0 aliphatic heterocycles. The summed E-state index contributed by atoms with van der Waals surface area (Å²) in [4.78, 5) is 15.8. The minimum Gasteiger partial charge on any atom is -0.303 e. The summed E-state index contributed by atoms with van der Waals surface area (Å²) in [5.41, 5.74) is 4.80. The lowest BCUT2D eigenvalue weighted by atomic mass is 10.0. The second kappa shape index (κ2) is 9.65. The van der Waals surface area contributed by atoms with Gasteiger partial charge >= 0.3 is 0 Å². The summed E-state index contributed by atoms with van der Waals surface area (Å²) in [6, 6.07) is 5.20. The summed E-state index contributed by atoms with van der Waals surface area (Å²) in [7, 11) is 1.92. The smallest absolute Gasteiger partial charge is 0.170 e. The average Bonchev–Trinajstić information content (AvgIpc) is 3.19. The van der Waals surface area contributed by atoms with Gasteiger partial charge in [-0.05, 0) is 37.3 Å². The number of rotatable bonds is 8. The van der Waals surface area contributed by atoms with Crippen molar-refractivity contribution in [3.63, 3.8) is 0 Å². The van der Waals surface area contributed by atoms with E-state index in [0.717, 1.165) is 49.1 Å². The van der Waals surface area contributed by atoms with Crippen LogP contribution in [0.2, 0.25) is 0 Å². The lowest BCUT2D eigenvalue weighted by Crippen LogP contribution is -2.15. The Morgan fingerprint density at radius 1 is 1.37 bits per heavy atom. The molecule has 1 heterocycles. The maximum Gasteiger partial charge on any atom is 0.170 e. The number of imidazole rings is 1. The number of aldehydes is 1. The highest BCUT2D eigenvalue weighted by atomic mass is 19.1. The van der Waals surface area contributed by atoms with E-state index in [2.05, 4.69) is 29.7 Å². The third-order valence-corrected chi connectivity index (χ3v) is 5.39. The van der Waals surface area contributed by atoms with Crippen molar-refractivity contribution < 1.29 is 9.18 Å². The molecule has 0 spiro atoms. The van der Waals surface area contributed by atoms with E-state index in [9.17, 15) is 9.18 Å². The summed E-state index contributed by atoms with van der Waals surface area (Å²) in [6.07, 6.45) is 9.29. The van der Waals surface area contributed by atoms with Crippen LogP contribution in [0, 0.1) is 5.82 Å². The molecule has 1 aromatic heterocycles. The second-order valence-electron chi connectivity index (χ2n) is 7.54. The van der Waals surface area contributed by atoms with Crippen molar-refractivity contribution in [2.45, 2.75) is 52.4 Å². The van der Waals surface area contributed by atoms with Gasteiger partial charge in [0.15, 0.2) is 6.29 Å². The van der Waals surface area contributed by atoms with Crippen LogP contribution in [0.5, 0.6) is 0 Å². The van der Waals surface area contributed by atoms with Gasteiger partial charge in [0.05, 0.1) is 0 Å². The van der Waals surface area contributed by atoms with Crippen molar-refractivity contribution >= 4 is 17.7 Å². The van der Waals surface area contributed by atoms with Crippen LogP contribution >= 0.6 is 0 Å². The van der Waals surface area contributed by atoms with E-state index in [0.29, 0.717) is 35.5 Å². The molecule has 0 atom stereocenters. The van der Waals surface area contributed by atoms with Crippen molar-refractivity contribution in [2.75, 3.05) is 7.05 Å². The second-order valence-corrected chi connectivity index (χ2v) is 7.54. The maximum absolute atomic E-state index is 14.5. The SMILES string of the molecule is C=C(CC)N(C)/N=C1\CC=C(n2cc(C=O)nc2-c2ccc(CCC)c(F)c2)CC1. The highest BCUT2D eigenvalue weighted by molar-refractivity contribution is 5.89. The largest absolute Gasteiger partial charge is 0.303 e. The first-order chi connectivity index (χ1) is 14.5. The van der Waals surface area contributed by atoms with Crippen LogP contribution in [0.15, 0.2) is 47.8 Å². The molecule has 6 heteroatoms.